The molecule has 0 bridgehead atoms. The molecule has 2 aromatic rings. The Morgan fingerprint density at radius 3 is 3.00 bits per heavy atom. The summed E-state index contributed by atoms with van der Waals surface area (Å²) in [5.74, 6) is -0.220. The van der Waals surface area contributed by atoms with E-state index in [2.05, 4.69) is 15.5 Å². The minimum atomic E-state index is -0.220. The first-order valence-electron chi connectivity index (χ1n) is 5.80. The summed E-state index contributed by atoms with van der Waals surface area (Å²) in [5, 5.41) is 10.1. The molecule has 2 rings (SSSR count). The molecular formula is C13H14ClN3O2. The lowest BCUT2D eigenvalue weighted by atomic mass is 10.1. The number of carbonyl (C=O) groups excluding carboxylic acids is 1. The second kappa shape index (κ2) is 6.36. The number of aromatic amines is 1. The van der Waals surface area contributed by atoms with E-state index < -0.39 is 0 Å². The van der Waals surface area contributed by atoms with Gasteiger partial charge < -0.3 is 10.1 Å². The molecule has 5 nitrogen and oxygen atoms in total. The molecule has 0 unspecified atom stereocenters. The molecule has 0 aliphatic rings. The molecule has 1 heterocycles. The lowest BCUT2D eigenvalue weighted by Gasteiger charge is -2.01. The lowest BCUT2D eigenvalue weighted by Crippen LogP contribution is -2.27. The molecule has 0 spiro atoms. The van der Waals surface area contributed by atoms with Gasteiger partial charge in [-0.2, -0.15) is 5.10 Å². The van der Waals surface area contributed by atoms with Gasteiger partial charge in [-0.1, -0.05) is 29.8 Å². The van der Waals surface area contributed by atoms with Gasteiger partial charge in [-0.15, -0.1) is 0 Å². The van der Waals surface area contributed by atoms with Crippen LogP contribution < -0.4 is 5.32 Å². The summed E-state index contributed by atoms with van der Waals surface area (Å²) >= 11 is 6.08. The highest BCUT2D eigenvalue weighted by molar-refractivity contribution is 6.33. The second-order valence-corrected chi connectivity index (χ2v) is 4.30. The van der Waals surface area contributed by atoms with Crippen molar-refractivity contribution in [2.24, 2.45) is 0 Å². The number of rotatable bonds is 5. The minimum Gasteiger partial charge on any atom is -0.383 e. The van der Waals surface area contributed by atoms with Crippen molar-refractivity contribution < 1.29 is 9.53 Å². The van der Waals surface area contributed by atoms with Crippen LogP contribution in [0.5, 0.6) is 0 Å². The van der Waals surface area contributed by atoms with Gasteiger partial charge in [0.25, 0.3) is 5.91 Å². The van der Waals surface area contributed by atoms with E-state index >= 15 is 0 Å². The number of hydrogen-bond donors (Lipinski definition) is 2. The molecule has 6 heteroatoms. The van der Waals surface area contributed by atoms with Gasteiger partial charge in [-0.3, -0.25) is 9.89 Å². The molecular weight excluding hydrogens is 266 g/mol. The molecule has 1 aromatic heterocycles. The van der Waals surface area contributed by atoms with Crippen LogP contribution in [0.25, 0.3) is 11.3 Å². The van der Waals surface area contributed by atoms with Crippen LogP contribution in [-0.4, -0.2) is 36.4 Å². The maximum absolute atomic E-state index is 11.8. The van der Waals surface area contributed by atoms with E-state index in [0.717, 1.165) is 5.56 Å². The highest BCUT2D eigenvalue weighted by atomic mass is 35.5. The van der Waals surface area contributed by atoms with E-state index in [9.17, 15) is 4.79 Å². The number of methoxy groups -OCH3 is 1. The summed E-state index contributed by atoms with van der Waals surface area (Å²) in [6.07, 6.45) is 0. The minimum absolute atomic E-state index is 0.220. The Morgan fingerprint density at radius 2 is 2.26 bits per heavy atom. The van der Waals surface area contributed by atoms with E-state index in [-0.39, 0.29) is 5.91 Å². The molecule has 0 aliphatic heterocycles. The Bertz CT molecular complexity index is 569. The topological polar surface area (TPSA) is 67.0 Å². The second-order valence-electron chi connectivity index (χ2n) is 3.90. The van der Waals surface area contributed by atoms with Crippen molar-refractivity contribution in [3.63, 3.8) is 0 Å². The molecule has 0 fully saturated rings. The Balaban J connectivity index is 2.11. The fourth-order valence-corrected chi connectivity index (χ4v) is 1.84. The zero-order valence-corrected chi connectivity index (χ0v) is 11.2. The van der Waals surface area contributed by atoms with Crippen LogP contribution in [0.1, 0.15) is 10.5 Å². The van der Waals surface area contributed by atoms with Crippen molar-refractivity contribution >= 4 is 17.5 Å². The fraction of sp³-hybridized carbons (Fsp3) is 0.231. The number of aromatic nitrogens is 2. The number of nitrogens with zero attached hydrogens (tertiary/aromatic N) is 1. The Hall–Kier alpha value is -1.85. The van der Waals surface area contributed by atoms with Crippen molar-refractivity contribution in [2.75, 3.05) is 20.3 Å². The fourth-order valence-electron chi connectivity index (χ4n) is 1.61. The first-order valence-corrected chi connectivity index (χ1v) is 6.17. The third-order valence-corrected chi connectivity index (χ3v) is 2.89. The summed E-state index contributed by atoms with van der Waals surface area (Å²) in [6.45, 7) is 0.924. The van der Waals surface area contributed by atoms with Gasteiger partial charge in [0, 0.05) is 19.2 Å². The molecule has 0 saturated carbocycles. The molecule has 19 heavy (non-hydrogen) atoms. The Morgan fingerprint density at radius 1 is 1.47 bits per heavy atom. The van der Waals surface area contributed by atoms with Gasteiger partial charge >= 0.3 is 0 Å². The number of hydrogen-bond acceptors (Lipinski definition) is 3. The van der Waals surface area contributed by atoms with Gasteiger partial charge in [-0.25, -0.2) is 0 Å². The maximum Gasteiger partial charge on any atom is 0.269 e. The van der Waals surface area contributed by atoms with Crippen LogP contribution in [0.2, 0.25) is 5.02 Å². The summed E-state index contributed by atoms with van der Waals surface area (Å²) in [7, 11) is 1.58. The molecule has 0 radical (unpaired) electrons. The number of nitrogens with one attached hydrogen (secondary N) is 2. The predicted molar refractivity (Wildman–Crippen MR) is 73.2 cm³/mol. The first kappa shape index (κ1) is 13.6. The third-order valence-electron chi connectivity index (χ3n) is 2.56. The molecule has 0 saturated heterocycles. The predicted octanol–water partition coefficient (Wildman–Crippen LogP) is 2.11. The highest BCUT2D eigenvalue weighted by Crippen LogP contribution is 2.26. The standard InChI is InChI=1S/C13H14ClN3O2/c1-19-7-6-15-13(18)12-8-11(16-17-12)9-4-2-3-5-10(9)14/h2-5,8H,6-7H2,1H3,(H,15,18)(H,16,17). The largest absolute Gasteiger partial charge is 0.383 e. The average Bonchev–Trinajstić information content (AvgIpc) is 2.89. The zero-order chi connectivity index (χ0) is 13.7. The molecule has 0 atom stereocenters. The number of halogens is 1. The number of carbonyl (C=O) groups is 1. The monoisotopic (exact) mass is 279 g/mol. The average molecular weight is 280 g/mol. The molecule has 0 aliphatic carbocycles. The van der Waals surface area contributed by atoms with Gasteiger partial charge in [0.05, 0.1) is 17.3 Å². The van der Waals surface area contributed by atoms with E-state index in [0.29, 0.717) is 29.6 Å². The molecule has 2 N–H and O–H groups in total. The normalized spacial score (nSPS) is 10.4. The maximum atomic E-state index is 11.8. The summed E-state index contributed by atoms with van der Waals surface area (Å²) in [6, 6.07) is 9.02. The first-order chi connectivity index (χ1) is 9.22. The van der Waals surface area contributed by atoms with Gasteiger partial charge in [0.15, 0.2) is 0 Å². The Labute approximate surface area is 115 Å². The third kappa shape index (κ3) is 3.33. The van der Waals surface area contributed by atoms with Crippen molar-refractivity contribution in [3.05, 3.63) is 41.0 Å². The number of H-pyrrole nitrogens is 1. The van der Waals surface area contributed by atoms with Crippen LogP contribution in [0.15, 0.2) is 30.3 Å². The summed E-state index contributed by atoms with van der Waals surface area (Å²) in [5.41, 5.74) is 1.82. The number of amides is 1. The van der Waals surface area contributed by atoms with E-state index in [1.807, 2.05) is 18.2 Å². The van der Waals surface area contributed by atoms with Crippen molar-refractivity contribution in [1.82, 2.24) is 15.5 Å². The smallest absolute Gasteiger partial charge is 0.269 e. The van der Waals surface area contributed by atoms with Gasteiger partial charge in [0.1, 0.15) is 5.69 Å². The quantitative estimate of drug-likeness (QED) is 0.824. The van der Waals surface area contributed by atoms with Crippen LogP contribution >= 0.6 is 11.6 Å². The van der Waals surface area contributed by atoms with Crippen molar-refractivity contribution in [3.8, 4) is 11.3 Å². The summed E-state index contributed by atoms with van der Waals surface area (Å²) < 4.78 is 4.86. The SMILES string of the molecule is COCCNC(=O)c1cc(-c2ccccc2Cl)n[nH]1. The molecule has 100 valence electrons. The van der Waals surface area contributed by atoms with Crippen LogP contribution in [-0.2, 0) is 4.74 Å². The molecule has 1 aromatic carbocycles. The zero-order valence-electron chi connectivity index (χ0n) is 10.4. The number of ether oxygens (including phenoxy) is 1. The van der Waals surface area contributed by atoms with Crippen molar-refractivity contribution in [1.29, 1.82) is 0 Å². The lowest BCUT2D eigenvalue weighted by molar-refractivity contribution is 0.0932. The van der Waals surface area contributed by atoms with E-state index in [1.54, 1.807) is 19.2 Å². The van der Waals surface area contributed by atoms with Crippen LogP contribution in [0, 0.1) is 0 Å². The van der Waals surface area contributed by atoms with Gasteiger partial charge in [0.2, 0.25) is 0 Å². The van der Waals surface area contributed by atoms with E-state index in [4.69, 9.17) is 16.3 Å². The Kier molecular flexibility index (Phi) is 4.54. The van der Waals surface area contributed by atoms with Crippen molar-refractivity contribution in [2.45, 2.75) is 0 Å². The van der Waals surface area contributed by atoms with Crippen LogP contribution in [0.4, 0.5) is 0 Å². The van der Waals surface area contributed by atoms with Crippen LogP contribution in [0.3, 0.4) is 0 Å². The van der Waals surface area contributed by atoms with E-state index in [1.165, 1.54) is 0 Å². The highest BCUT2D eigenvalue weighted by Gasteiger charge is 2.11. The molecule has 1 amide bonds. The number of benzene rings is 1. The van der Waals surface area contributed by atoms with Gasteiger partial charge in [-0.05, 0) is 12.1 Å². The summed E-state index contributed by atoms with van der Waals surface area (Å²) in [4.78, 5) is 11.8.